The van der Waals surface area contributed by atoms with Crippen LogP contribution in [0.15, 0.2) is 46.7 Å². The minimum absolute atomic E-state index is 0.0573. The van der Waals surface area contributed by atoms with Crippen molar-refractivity contribution < 1.29 is 23.1 Å². The number of rotatable bonds is 8. The van der Waals surface area contributed by atoms with Crippen molar-refractivity contribution in [2.75, 3.05) is 0 Å². The summed E-state index contributed by atoms with van der Waals surface area (Å²) in [6, 6.07) is 8.07. The molecule has 0 fully saturated rings. The van der Waals surface area contributed by atoms with Gasteiger partial charge in [0.2, 0.25) is 10.0 Å². The standard InChI is InChI=1S/C17H20N2O5S2/c1-11(2)15(17(21)22)19-16(20)12-5-3-7-14(9-12)26(23,24)18-10-13-6-4-8-25-13/h3-9,11,15,18H,10H2,1-2H3,(H,19,20)(H,21,22)/t15-/m0/s1. The third-order valence-corrected chi connectivity index (χ3v) is 5.92. The Morgan fingerprint density at radius 2 is 1.92 bits per heavy atom. The highest BCUT2D eigenvalue weighted by Crippen LogP contribution is 2.14. The van der Waals surface area contributed by atoms with Crippen molar-refractivity contribution in [3.8, 4) is 0 Å². The van der Waals surface area contributed by atoms with Gasteiger partial charge < -0.3 is 10.4 Å². The first-order valence-corrected chi connectivity index (χ1v) is 10.2. The minimum Gasteiger partial charge on any atom is -0.480 e. The quantitative estimate of drug-likeness (QED) is 0.632. The average Bonchev–Trinajstić information content (AvgIpc) is 3.11. The molecule has 0 saturated carbocycles. The Labute approximate surface area is 156 Å². The number of carboxylic acids is 1. The number of carboxylic acid groups (broad SMARTS) is 1. The second kappa shape index (κ2) is 8.43. The molecule has 26 heavy (non-hydrogen) atoms. The van der Waals surface area contributed by atoms with Crippen LogP contribution in [0.2, 0.25) is 0 Å². The highest BCUT2D eigenvalue weighted by molar-refractivity contribution is 7.89. The maximum Gasteiger partial charge on any atom is 0.326 e. The Hall–Kier alpha value is -2.23. The Morgan fingerprint density at radius 3 is 2.50 bits per heavy atom. The second-order valence-corrected chi connectivity index (χ2v) is 8.76. The van der Waals surface area contributed by atoms with Crippen molar-refractivity contribution in [3.05, 3.63) is 52.2 Å². The topological polar surface area (TPSA) is 113 Å². The third-order valence-electron chi connectivity index (χ3n) is 3.64. The number of carbonyl (C=O) groups is 2. The largest absolute Gasteiger partial charge is 0.480 e. The third kappa shape index (κ3) is 5.13. The lowest BCUT2D eigenvalue weighted by Crippen LogP contribution is -2.44. The fourth-order valence-electron chi connectivity index (χ4n) is 2.21. The molecule has 0 saturated heterocycles. The number of nitrogens with one attached hydrogen (secondary N) is 2. The minimum atomic E-state index is -3.79. The predicted molar refractivity (Wildman–Crippen MR) is 98.5 cm³/mol. The lowest BCUT2D eigenvalue weighted by atomic mass is 10.0. The van der Waals surface area contributed by atoms with Crippen molar-refractivity contribution in [2.24, 2.45) is 5.92 Å². The van der Waals surface area contributed by atoms with Crippen molar-refractivity contribution in [1.29, 1.82) is 0 Å². The Balaban J connectivity index is 2.15. The van der Waals surface area contributed by atoms with E-state index in [0.717, 1.165) is 4.88 Å². The number of sulfonamides is 1. The summed E-state index contributed by atoms with van der Waals surface area (Å²) in [5, 5.41) is 13.4. The zero-order valence-electron chi connectivity index (χ0n) is 14.3. The van der Waals surface area contributed by atoms with Gasteiger partial charge in [-0.05, 0) is 35.6 Å². The molecule has 0 aliphatic carbocycles. The Kier molecular flexibility index (Phi) is 6.52. The molecule has 1 aromatic carbocycles. The predicted octanol–water partition coefficient (Wildman–Crippen LogP) is 2.07. The van der Waals surface area contributed by atoms with Crippen molar-refractivity contribution in [3.63, 3.8) is 0 Å². The highest BCUT2D eigenvalue weighted by Gasteiger charge is 2.24. The van der Waals surface area contributed by atoms with Crippen molar-refractivity contribution >= 4 is 33.2 Å². The zero-order valence-corrected chi connectivity index (χ0v) is 15.9. The van der Waals surface area contributed by atoms with E-state index in [-0.39, 0.29) is 22.9 Å². The molecule has 0 bridgehead atoms. The van der Waals surface area contributed by atoms with E-state index >= 15 is 0 Å². The number of aliphatic carboxylic acids is 1. The summed E-state index contributed by atoms with van der Waals surface area (Å²) < 4.78 is 27.3. The normalized spacial score (nSPS) is 12.7. The van der Waals surface area contributed by atoms with Crippen LogP contribution in [0.4, 0.5) is 0 Å². The molecule has 1 aromatic heterocycles. The molecule has 1 amide bonds. The zero-order chi connectivity index (χ0) is 19.3. The summed E-state index contributed by atoms with van der Waals surface area (Å²) in [6.45, 7) is 3.51. The number of amides is 1. The van der Waals surface area contributed by atoms with Gasteiger partial charge in [-0.1, -0.05) is 26.0 Å². The molecule has 2 rings (SSSR count). The maximum atomic E-state index is 12.4. The number of thiophene rings is 1. The van der Waals surface area contributed by atoms with E-state index in [1.165, 1.54) is 35.6 Å². The molecule has 0 unspecified atom stereocenters. The van der Waals surface area contributed by atoms with Crippen LogP contribution < -0.4 is 10.0 Å². The Bertz CT molecular complexity index is 876. The first-order chi connectivity index (χ1) is 12.2. The van der Waals surface area contributed by atoms with Crippen LogP contribution in [0.3, 0.4) is 0 Å². The van der Waals surface area contributed by atoms with E-state index < -0.39 is 27.9 Å². The molecule has 7 nitrogen and oxygen atoms in total. The van der Waals surface area contributed by atoms with Crippen LogP contribution in [-0.2, 0) is 21.4 Å². The van der Waals surface area contributed by atoms with E-state index in [9.17, 15) is 18.0 Å². The fraction of sp³-hybridized carbons (Fsp3) is 0.294. The van der Waals surface area contributed by atoms with E-state index in [4.69, 9.17) is 5.11 Å². The first-order valence-electron chi connectivity index (χ1n) is 7.86. The number of hydrogen-bond acceptors (Lipinski definition) is 5. The van der Waals surface area contributed by atoms with Gasteiger partial charge >= 0.3 is 5.97 Å². The van der Waals surface area contributed by atoms with Gasteiger partial charge in [0.25, 0.3) is 5.91 Å². The van der Waals surface area contributed by atoms with Gasteiger partial charge in [0.15, 0.2) is 0 Å². The lowest BCUT2D eigenvalue weighted by molar-refractivity contribution is -0.140. The van der Waals surface area contributed by atoms with Gasteiger partial charge in [-0.2, -0.15) is 0 Å². The molecular weight excluding hydrogens is 376 g/mol. The van der Waals surface area contributed by atoms with Gasteiger partial charge in [0, 0.05) is 17.0 Å². The molecule has 3 N–H and O–H groups in total. The van der Waals surface area contributed by atoms with Crippen molar-refractivity contribution in [2.45, 2.75) is 31.3 Å². The van der Waals surface area contributed by atoms with Crippen LogP contribution in [0.5, 0.6) is 0 Å². The summed E-state index contributed by atoms with van der Waals surface area (Å²) in [4.78, 5) is 24.3. The summed E-state index contributed by atoms with van der Waals surface area (Å²) >= 11 is 1.43. The summed E-state index contributed by atoms with van der Waals surface area (Å²) in [5.74, 6) is -2.09. The molecule has 0 spiro atoms. The number of carbonyl (C=O) groups excluding carboxylic acids is 1. The lowest BCUT2D eigenvalue weighted by Gasteiger charge is -2.18. The van der Waals surface area contributed by atoms with Gasteiger partial charge in [0.1, 0.15) is 6.04 Å². The second-order valence-electron chi connectivity index (χ2n) is 5.97. The molecule has 0 aliphatic heterocycles. The monoisotopic (exact) mass is 396 g/mol. The van der Waals surface area contributed by atoms with Gasteiger partial charge in [0.05, 0.1) is 4.90 Å². The number of hydrogen-bond donors (Lipinski definition) is 3. The average molecular weight is 396 g/mol. The Morgan fingerprint density at radius 1 is 1.19 bits per heavy atom. The molecular formula is C17H20N2O5S2. The summed E-state index contributed by atoms with van der Waals surface area (Å²) in [5.41, 5.74) is 0.0795. The van der Waals surface area contributed by atoms with E-state index in [0.29, 0.717) is 0 Å². The molecule has 2 aromatic rings. The molecule has 0 aliphatic rings. The molecule has 9 heteroatoms. The SMILES string of the molecule is CC(C)[C@H](NC(=O)c1cccc(S(=O)(=O)NCc2cccs2)c1)C(=O)O. The molecule has 1 heterocycles. The van der Waals surface area contributed by atoms with E-state index in [2.05, 4.69) is 10.0 Å². The highest BCUT2D eigenvalue weighted by atomic mass is 32.2. The molecule has 1 atom stereocenters. The summed E-state index contributed by atoms with van der Waals surface area (Å²) in [7, 11) is -3.79. The van der Waals surface area contributed by atoms with Crippen LogP contribution in [0.1, 0.15) is 29.1 Å². The first kappa shape index (κ1) is 20.1. The van der Waals surface area contributed by atoms with Crippen molar-refractivity contribution in [1.82, 2.24) is 10.0 Å². The molecule has 140 valence electrons. The number of benzene rings is 1. The van der Waals surface area contributed by atoms with Gasteiger partial charge in [-0.25, -0.2) is 17.9 Å². The summed E-state index contributed by atoms with van der Waals surface area (Å²) in [6.07, 6.45) is 0. The van der Waals surface area contributed by atoms with Crippen LogP contribution in [0, 0.1) is 5.92 Å². The fourth-order valence-corrected chi connectivity index (χ4v) is 3.99. The smallest absolute Gasteiger partial charge is 0.326 e. The van der Waals surface area contributed by atoms with E-state index in [1.807, 2.05) is 17.5 Å². The van der Waals surface area contributed by atoms with Gasteiger partial charge in [-0.15, -0.1) is 11.3 Å². The van der Waals surface area contributed by atoms with Crippen LogP contribution >= 0.6 is 11.3 Å². The van der Waals surface area contributed by atoms with E-state index in [1.54, 1.807) is 13.8 Å². The van der Waals surface area contributed by atoms with Gasteiger partial charge in [-0.3, -0.25) is 4.79 Å². The van der Waals surface area contributed by atoms with Crippen LogP contribution in [-0.4, -0.2) is 31.4 Å². The maximum absolute atomic E-state index is 12.4. The molecule has 0 radical (unpaired) electrons. The van der Waals surface area contributed by atoms with Crippen LogP contribution in [0.25, 0.3) is 0 Å².